The fourth-order valence-electron chi connectivity index (χ4n) is 1.22. The molecule has 15 heavy (non-hydrogen) atoms. The van der Waals surface area contributed by atoms with Crippen LogP contribution in [0.25, 0.3) is 0 Å². The fraction of sp³-hybridized carbons (Fsp3) is 0.545. The van der Waals surface area contributed by atoms with E-state index < -0.39 is 0 Å². The van der Waals surface area contributed by atoms with Gasteiger partial charge in [0.05, 0.1) is 12.9 Å². The van der Waals surface area contributed by atoms with Crippen molar-refractivity contribution in [2.24, 2.45) is 0 Å². The second-order valence-corrected chi connectivity index (χ2v) is 3.26. The van der Waals surface area contributed by atoms with Crippen LogP contribution in [0.4, 0.5) is 0 Å². The van der Waals surface area contributed by atoms with E-state index in [4.69, 9.17) is 9.15 Å². The van der Waals surface area contributed by atoms with Gasteiger partial charge in [-0.05, 0) is 26.0 Å². The molecule has 0 aliphatic carbocycles. The van der Waals surface area contributed by atoms with Gasteiger partial charge in [-0.3, -0.25) is 4.79 Å². The van der Waals surface area contributed by atoms with Crippen LogP contribution in [0.3, 0.4) is 0 Å². The molecule has 4 heteroatoms. The zero-order valence-electron chi connectivity index (χ0n) is 9.16. The van der Waals surface area contributed by atoms with Crippen molar-refractivity contribution in [2.45, 2.75) is 26.3 Å². The first-order valence-corrected chi connectivity index (χ1v) is 5.16. The van der Waals surface area contributed by atoms with Gasteiger partial charge in [-0.25, -0.2) is 0 Å². The van der Waals surface area contributed by atoms with Gasteiger partial charge in [0.15, 0.2) is 0 Å². The molecule has 1 heterocycles. The van der Waals surface area contributed by atoms with E-state index in [1.54, 1.807) is 20.1 Å². The van der Waals surface area contributed by atoms with E-state index in [0.29, 0.717) is 13.2 Å². The molecule has 1 aromatic heterocycles. The van der Waals surface area contributed by atoms with Gasteiger partial charge in [-0.1, -0.05) is 0 Å². The largest absolute Gasteiger partial charge is 0.469 e. The van der Waals surface area contributed by atoms with Crippen molar-refractivity contribution in [3.63, 3.8) is 0 Å². The molecule has 0 saturated carbocycles. The van der Waals surface area contributed by atoms with Crippen molar-refractivity contribution in [1.29, 1.82) is 0 Å². The number of carbonyl (C=O) groups excluding carboxylic acids is 1. The zero-order chi connectivity index (χ0) is 11.1. The minimum absolute atomic E-state index is 0.211. The molecule has 1 aromatic rings. The molecule has 0 fully saturated rings. The Hall–Kier alpha value is -1.29. The summed E-state index contributed by atoms with van der Waals surface area (Å²) in [4.78, 5) is 11.2. The highest BCUT2D eigenvalue weighted by Gasteiger charge is 2.12. The molecule has 1 unspecified atom stereocenters. The number of rotatable bonds is 6. The molecule has 1 N–H and O–H groups in total. The normalized spacial score (nSPS) is 12.4. The van der Waals surface area contributed by atoms with Crippen molar-refractivity contribution >= 4 is 5.97 Å². The molecular formula is C11H17NO3. The Balaban J connectivity index is 2.17. The topological polar surface area (TPSA) is 51.5 Å². The minimum Gasteiger partial charge on any atom is -0.469 e. The van der Waals surface area contributed by atoms with E-state index in [1.807, 2.05) is 12.1 Å². The van der Waals surface area contributed by atoms with E-state index in [2.05, 4.69) is 5.32 Å². The van der Waals surface area contributed by atoms with Crippen molar-refractivity contribution in [3.8, 4) is 0 Å². The summed E-state index contributed by atoms with van der Waals surface area (Å²) in [6.45, 7) is 4.71. The number of hydrogen-bond acceptors (Lipinski definition) is 4. The highest BCUT2D eigenvalue weighted by Crippen LogP contribution is 1.99. The monoisotopic (exact) mass is 211 g/mol. The average Bonchev–Trinajstić information content (AvgIpc) is 2.71. The van der Waals surface area contributed by atoms with Crippen LogP contribution >= 0.6 is 0 Å². The molecule has 0 aliphatic rings. The lowest BCUT2D eigenvalue weighted by Gasteiger charge is -2.11. The number of nitrogens with one attached hydrogen (secondary N) is 1. The standard InChI is InChI=1S/C11H17NO3/c1-3-14-11(13)9(2)12-7-6-10-5-4-8-15-10/h4-5,8-9,12H,3,6-7H2,1-2H3. The van der Waals surface area contributed by atoms with Crippen LogP contribution in [0.2, 0.25) is 0 Å². The van der Waals surface area contributed by atoms with E-state index in [9.17, 15) is 4.79 Å². The molecule has 0 amide bonds. The third-order valence-corrected chi connectivity index (χ3v) is 2.04. The Labute approximate surface area is 89.6 Å². The van der Waals surface area contributed by atoms with Crippen molar-refractivity contribution in [1.82, 2.24) is 5.32 Å². The third-order valence-electron chi connectivity index (χ3n) is 2.04. The molecule has 0 aliphatic heterocycles. The van der Waals surface area contributed by atoms with Crippen LogP contribution in [-0.2, 0) is 16.0 Å². The SMILES string of the molecule is CCOC(=O)C(C)NCCc1ccco1. The highest BCUT2D eigenvalue weighted by atomic mass is 16.5. The van der Waals surface area contributed by atoms with Crippen LogP contribution in [0.1, 0.15) is 19.6 Å². The van der Waals surface area contributed by atoms with E-state index >= 15 is 0 Å². The van der Waals surface area contributed by atoms with Gasteiger partial charge >= 0.3 is 5.97 Å². The molecule has 0 bridgehead atoms. The number of furan rings is 1. The Bertz CT molecular complexity index is 282. The van der Waals surface area contributed by atoms with Crippen molar-refractivity contribution in [2.75, 3.05) is 13.2 Å². The van der Waals surface area contributed by atoms with Gasteiger partial charge in [0.25, 0.3) is 0 Å². The molecule has 1 rings (SSSR count). The molecule has 1 atom stereocenters. The van der Waals surface area contributed by atoms with E-state index in [-0.39, 0.29) is 12.0 Å². The van der Waals surface area contributed by atoms with Crippen LogP contribution in [-0.4, -0.2) is 25.2 Å². The number of carbonyl (C=O) groups is 1. The highest BCUT2D eigenvalue weighted by molar-refractivity contribution is 5.75. The van der Waals surface area contributed by atoms with E-state index in [1.165, 1.54) is 0 Å². The molecule has 0 aromatic carbocycles. The van der Waals surface area contributed by atoms with Crippen molar-refractivity contribution in [3.05, 3.63) is 24.2 Å². The zero-order valence-corrected chi connectivity index (χ0v) is 9.16. The van der Waals surface area contributed by atoms with Crippen LogP contribution in [0.15, 0.2) is 22.8 Å². The summed E-state index contributed by atoms with van der Waals surface area (Å²) in [5.74, 6) is 0.704. The molecule has 0 saturated heterocycles. The maximum Gasteiger partial charge on any atom is 0.322 e. The Morgan fingerprint density at radius 3 is 3.07 bits per heavy atom. The summed E-state index contributed by atoms with van der Waals surface area (Å²) >= 11 is 0. The maximum atomic E-state index is 11.2. The Morgan fingerprint density at radius 2 is 2.47 bits per heavy atom. The molecule has 4 nitrogen and oxygen atoms in total. The quantitative estimate of drug-likeness (QED) is 0.722. The first-order chi connectivity index (χ1) is 7.24. The maximum absolute atomic E-state index is 11.2. The summed E-state index contributed by atoms with van der Waals surface area (Å²) in [7, 11) is 0. The predicted molar refractivity (Wildman–Crippen MR) is 56.5 cm³/mol. The summed E-state index contributed by atoms with van der Waals surface area (Å²) in [6.07, 6.45) is 2.42. The van der Waals surface area contributed by atoms with Crippen LogP contribution in [0.5, 0.6) is 0 Å². The molecule has 0 spiro atoms. The number of hydrogen-bond donors (Lipinski definition) is 1. The Kier molecular flexibility index (Phi) is 4.90. The van der Waals surface area contributed by atoms with Gasteiger partial charge in [0.2, 0.25) is 0 Å². The number of ether oxygens (including phenoxy) is 1. The fourth-order valence-corrected chi connectivity index (χ4v) is 1.22. The average molecular weight is 211 g/mol. The van der Waals surface area contributed by atoms with Gasteiger partial charge < -0.3 is 14.5 Å². The van der Waals surface area contributed by atoms with Crippen LogP contribution < -0.4 is 5.32 Å². The summed E-state index contributed by atoms with van der Waals surface area (Å²) in [5.41, 5.74) is 0. The van der Waals surface area contributed by atoms with E-state index in [0.717, 1.165) is 12.2 Å². The molecular weight excluding hydrogens is 194 g/mol. The van der Waals surface area contributed by atoms with Gasteiger partial charge in [-0.15, -0.1) is 0 Å². The van der Waals surface area contributed by atoms with Gasteiger partial charge in [0.1, 0.15) is 11.8 Å². The lowest BCUT2D eigenvalue weighted by atomic mass is 10.3. The van der Waals surface area contributed by atoms with Gasteiger partial charge in [-0.2, -0.15) is 0 Å². The summed E-state index contributed by atoms with van der Waals surface area (Å²) < 4.78 is 10.0. The Morgan fingerprint density at radius 1 is 1.67 bits per heavy atom. The minimum atomic E-state index is -0.264. The van der Waals surface area contributed by atoms with Crippen LogP contribution in [0, 0.1) is 0 Å². The summed E-state index contributed by atoms with van der Waals surface area (Å²) in [5, 5.41) is 3.07. The first kappa shape index (κ1) is 11.8. The lowest BCUT2D eigenvalue weighted by Crippen LogP contribution is -2.36. The van der Waals surface area contributed by atoms with Gasteiger partial charge in [0, 0.05) is 13.0 Å². The first-order valence-electron chi connectivity index (χ1n) is 5.16. The predicted octanol–water partition coefficient (Wildman–Crippen LogP) is 1.36. The third kappa shape index (κ3) is 4.16. The summed E-state index contributed by atoms with van der Waals surface area (Å²) in [6, 6.07) is 3.50. The lowest BCUT2D eigenvalue weighted by molar-refractivity contribution is -0.145. The second-order valence-electron chi connectivity index (χ2n) is 3.26. The molecule has 84 valence electrons. The second kappa shape index (κ2) is 6.24. The molecule has 0 radical (unpaired) electrons. The number of esters is 1. The van der Waals surface area contributed by atoms with Crippen molar-refractivity contribution < 1.29 is 13.9 Å². The smallest absolute Gasteiger partial charge is 0.322 e.